The summed E-state index contributed by atoms with van der Waals surface area (Å²) in [5, 5.41) is 12.9. The standard InChI is InChI=1S/C11H11NOS/c1-11(13,10-12-7-8-14-10)9-5-3-2-4-6-9/h2-8,13H,1H3. The topological polar surface area (TPSA) is 33.1 Å². The average Bonchev–Trinajstić information content (AvgIpc) is 2.72. The number of aromatic nitrogens is 1. The Labute approximate surface area is 86.9 Å². The van der Waals surface area contributed by atoms with Crippen molar-refractivity contribution >= 4 is 11.3 Å². The Morgan fingerprint density at radius 1 is 1.29 bits per heavy atom. The van der Waals surface area contributed by atoms with Crippen molar-refractivity contribution in [2.75, 3.05) is 0 Å². The first-order valence-corrected chi connectivity index (χ1v) is 5.27. The molecule has 3 heteroatoms. The highest BCUT2D eigenvalue weighted by Crippen LogP contribution is 2.29. The Morgan fingerprint density at radius 2 is 2.00 bits per heavy atom. The van der Waals surface area contributed by atoms with Crippen LogP contribution in [0.3, 0.4) is 0 Å². The maximum absolute atomic E-state index is 10.3. The first kappa shape index (κ1) is 9.37. The van der Waals surface area contributed by atoms with Gasteiger partial charge in [0.25, 0.3) is 0 Å². The molecule has 0 radical (unpaired) electrons. The van der Waals surface area contributed by atoms with Crippen LogP contribution in [0.15, 0.2) is 41.9 Å². The minimum atomic E-state index is -0.977. The molecule has 2 aromatic rings. The summed E-state index contributed by atoms with van der Waals surface area (Å²) >= 11 is 1.46. The van der Waals surface area contributed by atoms with E-state index in [-0.39, 0.29) is 0 Å². The van der Waals surface area contributed by atoms with Crippen molar-refractivity contribution < 1.29 is 5.11 Å². The molecule has 0 aliphatic heterocycles. The van der Waals surface area contributed by atoms with Gasteiger partial charge >= 0.3 is 0 Å². The predicted octanol–water partition coefficient (Wildman–Crippen LogP) is 2.40. The summed E-state index contributed by atoms with van der Waals surface area (Å²) in [6.45, 7) is 1.77. The van der Waals surface area contributed by atoms with Gasteiger partial charge in [0, 0.05) is 11.6 Å². The van der Waals surface area contributed by atoms with Gasteiger partial charge in [0.05, 0.1) is 0 Å². The Morgan fingerprint density at radius 3 is 2.57 bits per heavy atom. The summed E-state index contributed by atoms with van der Waals surface area (Å²) in [5.74, 6) is 0. The van der Waals surface area contributed by atoms with Crippen molar-refractivity contribution in [2.45, 2.75) is 12.5 Å². The molecular formula is C11H11NOS. The van der Waals surface area contributed by atoms with Crippen molar-refractivity contribution in [1.82, 2.24) is 4.98 Å². The lowest BCUT2D eigenvalue weighted by atomic mass is 9.97. The minimum absolute atomic E-state index is 0.726. The summed E-state index contributed by atoms with van der Waals surface area (Å²) in [7, 11) is 0. The van der Waals surface area contributed by atoms with Crippen LogP contribution in [0.1, 0.15) is 17.5 Å². The third-order valence-corrected chi connectivity index (χ3v) is 3.17. The number of benzene rings is 1. The average molecular weight is 205 g/mol. The Bertz CT molecular complexity index is 394. The first-order chi connectivity index (χ1) is 6.71. The van der Waals surface area contributed by atoms with Gasteiger partial charge in [0.15, 0.2) is 0 Å². The van der Waals surface area contributed by atoms with E-state index < -0.39 is 5.60 Å². The molecule has 0 spiro atoms. The van der Waals surface area contributed by atoms with E-state index in [1.54, 1.807) is 13.1 Å². The van der Waals surface area contributed by atoms with Crippen LogP contribution in [-0.4, -0.2) is 10.1 Å². The Balaban J connectivity index is 2.43. The molecule has 72 valence electrons. The number of hydrogen-bond acceptors (Lipinski definition) is 3. The highest BCUT2D eigenvalue weighted by atomic mass is 32.1. The van der Waals surface area contributed by atoms with Crippen LogP contribution in [0.4, 0.5) is 0 Å². The predicted molar refractivity (Wildman–Crippen MR) is 57.2 cm³/mol. The summed E-state index contributed by atoms with van der Waals surface area (Å²) in [6.07, 6.45) is 1.71. The van der Waals surface area contributed by atoms with E-state index in [9.17, 15) is 5.11 Å². The number of thiazole rings is 1. The molecule has 0 amide bonds. The van der Waals surface area contributed by atoms with Crippen LogP contribution in [0, 0.1) is 0 Å². The Hall–Kier alpha value is -1.19. The SMILES string of the molecule is CC(O)(c1ccccc1)c1nccs1. The highest BCUT2D eigenvalue weighted by molar-refractivity contribution is 7.09. The number of rotatable bonds is 2. The molecule has 1 unspecified atom stereocenters. The largest absolute Gasteiger partial charge is 0.378 e. The van der Waals surface area contributed by atoms with Crippen molar-refractivity contribution in [1.29, 1.82) is 0 Å². The zero-order valence-electron chi connectivity index (χ0n) is 7.84. The molecule has 14 heavy (non-hydrogen) atoms. The monoisotopic (exact) mass is 205 g/mol. The zero-order valence-corrected chi connectivity index (χ0v) is 8.66. The second kappa shape index (κ2) is 3.52. The first-order valence-electron chi connectivity index (χ1n) is 4.39. The number of aliphatic hydroxyl groups is 1. The molecule has 0 bridgehead atoms. The van der Waals surface area contributed by atoms with Crippen LogP contribution in [0.5, 0.6) is 0 Å². The van der Waals surface area contributed by atoms with E-state index in [1.807, 2.05) is 35.7 Å². The fraction of sp³-hybridized carbons (Fsp3) is 0.182. The van der Waals surface area contributed by atoms with Gasteiger partial charge in [-0.1, -0.05) is 30.3 Å². The van der Waals surface area contributed by atoms with Crippen LogP contribution in [0.25, 0.3) is 0 Å². The Kier molecular flexibility index (Phi) is 2.35. The molecule has 1 heterocycles. The lowest BCUT2D eigenvalue weighted by Gasteiger charge is -2.20. The van der Waals surface area contributed by atoms with Crippen molar-refractivity contribution in [3.05, 3.63) is 52.5 Å². The lowest BCUT2D eigenvalue weighted by molar-refractivity contribution is 0.102. The summed E-state index contributed by atoms with van der Waals surface area (Å²) < 4.78 is 0. The smallest absolute Gasteiger partial charge is 0.138 e. The zero-order chi connectivity index (χ0) is 10.0. The quantitative estimate of drug-likeness (QED) is 0.816. The minimum Gasteiger partial charge on any atom is -0.378 e. The van der Waals surface area contributed by atoms with Gasteiger partial charge in [-0.2, -0.15) is 0 Å². The van der Waals surface area contributed by atoms with E-state index in [4.69, 9.17) is 0 Å². The van der Waals surface area contributed by atoms with Gasteiger partial charge in [0.2, 0.25) is 0 Å². The van der Waals surface area contributed by atoms with Gasteiger partial charge in [-0.25, -0.2) is 4.98 Å². The van der Waals surface area contributed by atoms with E-state index in [2.05, 4.69) is 4.98 Å². The molecule has 2 rings (SSSR count). The van der Waals surface area contributed by atoms with Gasteiger partial charge in [-0.15, -0.1) is 11.3 Å². The van der Waals surface area contributed by atoms with Crippen molar-refractivity contribution in [3.63, 3.8) is 0 Å². The number of hydrogen-bond donors (Lipinski definition) is 1. The van der Waals surface area contributed by atoms with E-state index in [1.165, 1.54) is 11.3 Å². The van der Waals surface area contributed by atoms with Gasteiger partial charge in [-0.3, -0.25) is 0 Å². The van der Waals surface area contributed by atoms with E-state index in [0.717, 1.165) is 10.6 Å². The van der Waals surface area contributed by atoms with Gasteiger partial charge in [-0.05, 0) is 12.5 Å². The third-order valence-electron chi connectivity index (χ3n) is 2.18. The second-order valence-electron chi connectivity index (χ2n) is 3.28. The summed E-state index contributed by atoms with van der Waals surface area (Å²) in [6, 6.07) is 9.57. The van der Waals surface area contributed by atoms with Crippen LogP contribution in [0.2, 0.25) is 0 Å². The molecule has 1 aromatic carbocycles. The molecule has 2 nitrogen and oxygen atoms in total. The molecule has 1 atom stereocenters. The maximum atomic E-state index is 10.3. The summed E-state index contributed by atoms with van der Waals surface area (Å²) in [5.41, 5.74) is -0.106. The molecular weight excluding hydrogens is 194 g/mol. The molecule has 1 aromatic heterocycles. The second-order valence-corrected chi connectivity index (χ2v) is 4.17. The molecule has 0 saturated carbocycles. The fourth-order valence-corrected chi connectivity index (χ4v) is 2.07. The van der Waals surface area contributed by atoms with Crippen LogP contribution < -0.4 is 0 Å². The van der Waals surface area contributed by atoms with Gasteiger partial charge in [0.1, 0.15) is 10.6 Å². The molecule has 0 saturated heterocycles. The lowest BCUT2D eigenvalue weighted by Crippen LogP contribution is -2.22. The van der Waals surface area contributed by atoms with E-state index in [0.29, 0.717) is 0 Å². The van der Waals surface area contributed by atoms with Crippen molar-refractivity contribution in [3.8, 4) is 0 Å². The molecule has 0 aliphatic carbocycles. The molecule has 1 N–H and O–H groups in total. The summed E-state index contributed by atoms with van der Waals surface area (Å²) in [4.78, 5) is 4.13. The highest BCUT2D eigenvalue weighted by Gasteiger charge is 2.27. The van der Waals surface area contributed by atoms with Crippen LogP contribution >= 0.6 is 11.3 Å². The maximum Gasteiger partial charge on any atom is 0.138 e. The van der Waals surface area contributed by atoms with Crippen molar-refractivity contribution in [2.24, 2.45) is 0 Å². The molecule has 0 aliphatic rings. The normalized spacial score (nSPS) is 15.0. The fourth-order valence-electron chi connectivity index (χ4n) is 1.35. The number of nitrogens with zero attached hydrogens (tertiary/aromatic N) is 1. The van der Waals surface area contributed by atoms with Gasteiger partial charge < -0.3 is 5.11 Å². The van der Waals surface area contributed by atoms with E-state index >= 15 is 0 Å². The molecule has 0 fully saturated rings. The van der Waals surface area contributed by atoms with Crippen LogP contribution in [-0.2, 0) is 5.60 Å². The third kappa shape index (κ3) is 1.56.